The van der Waals surface area contributed by atoms with Crippen LogP contribution in [0.3, 0.4) is 0 Å². The molecule has 0 aromatic carbocycles. The number of rotatable bonds is 3. The summed E-state index contributed by atoms with van der Waals surface area (Å²) in [5, 5.41) is 11.8. The first kappa shape index (κ1) is 8.41. The molecule has 1 N–H and O–H groups in total. The van der Waals surface area contributed by atoms with E-state index >= 15 is 0 Å². The van der Waals surface area contributed by atoms with Crippen molar-refractivity contribution >= 4 is 0 Å². The molecule has 1 aliphatic carbocycles. The van der Waals surface area contributed by atoms with Crippen LogP contribution in [0.2, 0.25) is 0 Å². The van der Waals surface area contributed by atoms with Crippen LogP contribution in [0.5, 0.6) is 0 Å². The van der Waals surface area contributed by atoms with Crippen LogP contribution in [-0.4, -0.2) is 27.6 Å². The van der Waals surface area contributed by atoms with Gasteiger partial charge in [0.05, 0.1) is 12.2 Å². The van der Waals surface area contributed by atoms with Crippen molar-refractivity contribution in [2.24, 2.45) is 0 Å². The van der Waals surface area contributed by atoms with Crippen molar-refractivity contribution in [1.82, 2.24) is 20.3 Å². The third-order valence-corrected chi connectivity index (χ3v) is 3.12. The maximum absolute atomic E-state index is 4.21. The van der Waals surface area contributed by atoms with Gasteiger partial charge < -0.3 is 5.32 Å². The SMILES string of the molecule is c1c(C2CC2)nnn1C[C@@H]1CCCN1. The van der Waals surface area contributed by atoms with Gasteiger partial charge in [-0.2, -0.15) is 0 Å². The molecule has 0 unspecified atom stereocenters. The van der Waals surface area contributed by atoms with Crippen LogP contribution in [0.15, 0.2) is 6.20 Å². The molecule has 1 saturated carbocycles. The van der Waals surface area contributed by atoms with E-state index in [-0.39, 0.29) is 0 Å². The second-order valence-electron chi connectivity index (χ2n) is 4.43. The molecule has 4 nitrogen and oxygen atoms in total. The first-order valence-corrected chi connectivity index (χ1v) is 5.55. The molecule has 3 rings (SSSR count). The third-order valence-electron chi connectivity index (χ3n) is 3.12. The largest absolute Gasteiger partial charge is 0.312 e. The summed E-state index contributed by atoms with van der Waals surface area (Å²) in [7, 11) is 0. The fraction of sp³-hybridized carbons (Fsp3) is 0.800. The summed E-state index contributed by atoms with van der Waals surface area (Å²) < 4.78 is 2.00. The second kappa shape index (κ2) is 3.35. The topological polar surface area (TPSA) is 42.7 Å². The molecule has 0 amide bonds. The Morgan fingerprint density at radius 1 is 1.43 bits per heavy atom. The predicted molar refractivity (Wildman–Crippen MR) is 53.0 cm³/mol. The van der Waals surface area contributed by atoms with Crippen molar-refractivity contribution < 1.29 is 0 Å². The highest BCUT2D eigenvalue weighted by Crippen LogP contribution is 2.38. The first-order valence-electron chi connectivity index (χ1n) is 5.55. The van der Waals surface area contributed by atoms with E-state index in [9.17, 15) is 0 Å². The van der Waals surface area contributed by atoms with E-state index in [1.807, 2.05) is 4.68 Å². The fourth-order valence-electron chi connectivity index (χ4n) is 2.11. The average molecular weight is 192 g/mol. The number of hydrogen-bond acceptors (Lipinski definition) is 3. The molecular formula is C10H16N4. The zero-order valence-electron chi connectivity index (χ0n) is 8.32. The molecule has 2 heterocycles. The number of hydrogen-bond donors (Lipinski definition) is 1. The predicted octanol–water partition coefficient (Wildman–Crippen LogP) is 0.907. The minimum absolute atomic E-state index is 0.615. The van der Waals surface area contributed by atoms with E-state index in [2.05, 4.69) is 21.8 Å². The van der Waals surface area contributed by atoms with Gasteiger partial charge in [-0.1, -0.05) is 5.21 Å². The van der Waals surface area contributed by atoms with Gasteiger partial charge in [0, 0.05) is 18.2 Å². The highest BCUT2D eigenvalue weighted by atomic mass is 15.4. The van der Waals surface area contributed by atoms with Crippen molar-refractivity contribution in [3.05, 3.63) is 11.9 Å². The normalized spacial score (nSPS) is 27.0. The quantitative estimate of drug-likeness (QED) is 0.774. The van der Waals surface area contributed by atoms with Gasteiger partial charge in [0.2, 0.25) is 0 Å². The van der Waals surface area contributed by atoms with Gasteiger partial charge >= 0.3 is 0 Å². The second-order valence-corrected chi connectivity index (χ2v) is 4.43. The highest BCUT2D eigenvalue weighted by Gasteiger charge is 2.26. The molecule has 4 heteroatoms. The van der Waals surface area contributed by atoms with Crippen LogP contribution in [0.1, 0.15) is 37.3 Å². The Bertz CT molecular complexity index is 310. The van der Waals surface area contributed by atoms with Crippen molar-refractivity contribution in [1.29, 1.82) is 0 Å². The van der Waals surface area contributed by atoms with Gasteiger partial charge in [-0.25, -0.2) is 0 Å². The van der Waals surface area contributed by atoms with E-state index in [1.54, 1.807) is 0 Å². The van der Waals surface area contributed by atoms with Crippen LogP contribution in [0.4, 0.5) is 0 Å². The van der Waals surface area contributed by atoms with Crippen molar-refractivity contribution in [2.45, 2.75) is 44.2 Å². The van der Waals surface area contributed by atoms with Crippen molar-refractivity contribution in [3.63, 3.8) is 0 Å². The Labute approximate surface area is 83.7 Å². The van der Waals surface area contributed by atoms with Crippen molar-refractivity contribution in [3.8, 4) is 0 Å². The van der Waals surface area contributed by atoms with Gasteiger partial charge in [-0.3, -0.25) is 4.68 Å². The maximum atomic E-state index is 4.21. The summed E-state index contributed by atoms with van der Waals surface area (Å²) >= 11 is 0. The summed E-state index contributed by atoms with van der Waals surface area (Å²) in [6, 6.07) is 0.615. The van der Waals surface area contributed by atoms with Gasteiger partial charge in [0.25, 0.3) is 0 Å². The maximum Gasteiger partial charge on any atom is 0.0857 e. The van der Waals surface area contributed by atoms with Gasteiger partial charge in [0.1, 0.15) is 0 Å². The standard InChI is InChI=1S/C10H16N4/c1-2-9(11-5-1)6-14-7-10(12-13-14)8-3-4-8/h7-9,11H,1-6H2/t9-/m0/s1. The molecule has 1 aromatic rings. The van der Waals surface area contributed by atoms with E-state index in [4.69, 9.17) is 0 Å². The lowest BCUT2D eigenvalue weighted by atomic mass is 10.2. The zero-order chi connectivity index (χ0) is 9.38. The molecule has 2 aliphatic rings. The molecule has 1 saturated heterocycles. The Balaban J connectivity index is 1.64. The van der Waals surface area contributed by atoms with E-state index in [1.165, 1.54) is 31.4 Å². The summed E-state index contributed by atoms with van der Waals surface area (Å²) in [6.07, 6.45) is 7.31. The van der Waals surface area contributed by atoms with Gasteiger partial charge in [0.15, 0.2) is 0 Å². The summed E-state index contributed by atoms with van der Waals surface area (Å²) in [6.45, 7) is 2.15. The number of nitrogens with zero attached hydrogens (tertiary/aromatic N) is 3. The minimum atomic E-state index is 0.615. The molecule has 1 atom stereocenters. The Hall–Kier alpha value is -0.900. The van der Waals surface area contributed by atoms with E-state index in [0.717, 1.165) is 19.0 Å². The molecule has 2 fully saturated rings. The molecular weight excluding hydrogens is 176 g/mol. The van der Waals surface area contributed by atoms with E-state index in [0.29, 0.717) is 6.04 Å². The highest BCUT2D eigenvalue weighted by molar-refractivity contribution is 5.09. The zero-order valence-corrected chi connectivity index (χ0v) is 8.32. The summed E-state index contributed by atoms with van der Waals surface area (Å²) in [4.78, 5) is 0. The summed E-state index contributed by atoms with van der Waals surface area (Å²) in [5.41, 5.74) is 1.20. The molecule has 0 bridgehead atoms. The molecule has 0 spiro atoms. The molecule has 0 radical (unpaired) electrons. The Morgan fingerprint density at radius 3 is 3.07 bits per heavy atom. The van der Waals surface area contributed by atoms with Gasteiger partial charge in [-0.05, 0) is 32.2 Å². The molecule has 76 valence electrons. The van der Waals surface area contributed by atoms with Gasteiger partial charge in [-0.15, -0.1) is 5.10 Å². The molecule has 14 heavy (non-hydrogen) atoms. The average Bonchev–Trinajstić information content (AvgIpc) is 2.75. The van der Waals surface area contributed by atoms with Crippen LogP contribution < -0.4 is 5.32 Å². The number of aromatic nitrogens is 3. The summed E-state index contributed by atoms with van der Waals surface area (Å²) in [5.74, 6) is 0.722. The monoisotopic (exact) mass is 192 g/mol. The molecule has 1 aromatic heterocycles. The minimum Gasteiger partial charge on any atom is -0.312 e. The lowest BCUT2D eigenvalue weighted by Gasteiger charge is -2.08. The third kappa shape index (κ3) is 1.66. The van der Waals surface area contributed by atoms with Crippen LogP contribution in [0.25, 0.3) is 0 Å². The van der Waals surface area contributed by atoms with Crippen LogP contribution in [-0.2, 0) is 6.54 Å². The van der Waals surface area contributed by atoms with E-state index < -0.39 is 0 Å². The first-order chi connectivity index (χ1) is 6.92. The lowest BCUT2D eigenvalue weighted by Crippen LogP contribution is -2.26. The molecule has 1 aliphatic heterocycles. The lowest BCUT2D eigenvalue weighted by molar-refractivity contribution is 0.466. The Morgan fingerprint density at radius 2 is 2.36 bits per heavy atom. The number of nitrogens with one attached hydrogen (secondary N) is 1. The smallest absolute Gasteiger partial charge is 0.0857 e. The van der Waals surface area contributed by atoms with Crippen LogP contribution in [0, 0.1) is 0 Å². The fourth-order valence-corrected chi connectivity index (χ4v) is 2.11. The Kier molecular flexibility index (Phi) is 2.01. The van der Waals surface area contributed by atoms with Crippen LogP contribution >= 0.6 is 0 Å². The van der Waals surface area contributed by atoms with Crippen molar-refractivity contribution in [2.75, 3.05) is 6.54 Å².